The van der Waals surface area contributed by atoms with E-state index in [1.807, 2.05) is 0 Å². The molecule has 3 aromatic heterocycles. The Bertz CT molecular complexity index is 7370. The molecule has 22 rings (SSSR count). The number of aromatic nitrogens is 3. The second kappa shape index (κ2) is 29.1. The van der Waals surface area contributed by atoms with Gasteiger partial charge in [0.15, 0.2) is 0 Å². The van der Waals surface area contributed by atoms with Gasteiger partial charge in [0.2, 0.25) is 0 Å². The van der Waals surface area contributed by atoms with E-state index in [0.717, 1.165) is 124 Å². The number of para-hydroxylation sites is 3. The lowest BCUT2D eigenvalue weighted by atomic mass is 9.33. The number of fused-ring (bicyclic) bond motifs is 13. The lowest BCUT2D eigenvalue weighted by Crippen LogP contribution is -2.61. The Morgan fingerprint density at radius 1 is 0.200 bits per heavy atom. The SMILES string of the molecule is CC(C)(C)c1ccc2c(c1)c1cc(C(C)(C)C)ccc1n2-c1ccc2c(c1)N(c1cc(-c3ccccc3)cc(-c3ccccc3)c1)c1cc(-n3c4ccc(C(C)(C)C)cc4c4cc(C(C)(C)C)ccc43)cc3c1B2c1ccc(N(c2ccccc2)c2ccc(-n4c5ccccc5c5ccccc54)cc2)cc1N3c1cc(-c2ccccc2)cc(-c2ccccc2)c1. The average Bonchev–Trinajstić information content (AvgIpc) is 1.28. The molecule has 2 aliphatic heterocycles. The van der Waals surface area contributed by atoms with Gasteiger partial charge in [-0.05, 0) is 275 Å². The lowest BCUT2D eigenvalue weighted by Gasteiger charge is -2.45. The van der Waals surface area contributed by atoms with Crippen molar-refractivity contribution in [2.75, 3.05) is 14.7 Å². The minimum Gasteiger partial charge on any atom is -0.311 e. The minimum atomic E-state index is -0.314. The molecule has 125 heavy (non-hydrogen) atoms. The van der Waals surface area contributed by atoms with Crippen LogP contribution < -0.4 is 31.1 Å². The molecule has 0 aliphatic carbocycles. The van der Waals surface area contributed by atoms with E-state index < -0.39 is 0 Å². The van der Waals surface area contributed by atoms with Gasteiger partial charge in [0.1, 0.15) is 0 Å². The standard InChI is InChI=1S/C118H99BN6/c1-115(2,3)84-46-58-106-98(68-84)99-69-85(116(4,5)6)47-59-107(99)122(106)92-55-57-103-111(73-92)125(94-66-82(78-36-22-15-23-37-78)63-83(67-94)79-38-24-16-25-39-79)113-75-95(123-108-60-48-86(117(7,8)9)70-100(108)101-71-87(118(10,11)12)49-61-109(101)123)74-112-114(113)119(103)102-56-54-91(72-110(102)124(112)93-64-80(76-32-18-13-19-33-76)62-81(65-93)77-34-20-14-21-35-77)120(88-40-26-17-27-41-88)89-50-52-90(53-51-89)121-104-44-30-28-42-96(104)97-43-29-31-45-105(97)121/h13-75H,1-12H3. The highest BCUT2D eigenvalue weighted by Crippen LogP contribution is 2.52. The van der Waals surface area contributed by atoms with Gasteiger partial charge in [-0.15, -0.1) is 0 Å². The number of benzene rings is 17. The molecule has 0 radical (unpaired) electrons. The van der Waals surface area contributed by atoms with Crippen LogP contribution in [0, 0.1) is 0 Å². The zero-order chi connectivity index (χ0) is 85.1. The number of hydrogen-bond donors (Lipinski definition) is 0. The third-order valence-corrected chi connectivity index (χ3v) is 26.5. The lowest BCUT2D eigenvalue weighted by molar-refractivity contribution is 0.590. The zero-order valence-electron chi connectivity index (χ0n) is 73.1. The van der Waals surface area contributed by atoms with Crippen LogP contribution in [0.2, 0.25) is 0 Å². The highest BCUT2D eigenvalue weighted by molar-refractivity contribution is 7.00. The number of anilines is 9. The molecular formula is C118H99BN6. The Balaban J connectivity index is 0.883. The summed E-state index contributed by atoms with van der Waals surface area (Å²) in [6.45, 7) is 27.8. The predicted molar refractivity (Wildman–Crippen MR) is 535 cm³/mol. The van der Waals surface area contributed by atoms with Gasteiger partial charge in [0.25, 0.3) is 6.71 Å². The minimum absolute atomic E-state index is 0.0827. The van der Waals surface area contributed by atoms with Gasteiger partial charge >= 0.3 is 0 Å². The monoisotopic (exact) mass is 1610 g/mol. The second-order valence-corrected chi connectivity index (χ2v) is 38.6. The fourth-order valence-electron chi connectivity index (χ4n) is 20.0. The molecule has 0 saturated carbocycles. The summed E-state index contributed by atoms with van der Waals surface area (Å²) in [6, 6.07) is 146. The molecule has 5 heterocycles. The van der Waals surface area contributed by atoms with Crippen molar-refractivity contribution in [3.63, 3.8) is 0 Å². The summed E-state index contributed by atoms with van der Waals surface area (Å²) in [4.78, 5) is 7.80. The van der Waals surface area contributed by atoms with Gasteiger partial charge in [0.05, 0.1) is 38.8 Å². The Morgan fingerprint density at radius 3 is 0.880 bits per heavy atom. The van der Waals surface area contributed by atoms with Crippen LogP contribution in [0.25, 0.3) is 127 Å². The molecule has 0 unspecified atom stereocenters. The number of hydrogen-bond acceptors (Lipinski definition) is 3. The van der Waals surface area contributed by atoms with Crippen LogP contribution in [0.5, 0.6) is 0 Å². The first-order valence-electron chi connectivity index (χ1n) is 44.2. The molecule has 0 bridgehead atoms. The maximum Gasteiger partial charge on any atom is 0.252 e. The van der Waals surface area contributed by atoms with E-state index in [4.69, 9.17) is 0 Å². The molecule has 0 amide bonds. The van der Waals surface area contributed by atoms with Crippen LogP contribution in [-0.4, -0.2) is 20.4 Å². The average molecular weight is 1610 g/mol. The first-order valence-corrected chi connectivity index (χ1v) is 44.2. The summed E-state index contributed by atoms with van der Waals surface area (Å²) < 4.78 is 7.58. The van der Waals surface area contributed by atoms with Gasteiger partial charge in [-0.3, -0.25) is 0 Å². The summed E-state index contributed by atoms with van der Waals surface area (Å²) in [5.74, 6) is 0. The summed E-state index contributed by atoms with van der Waals surface area (Å²) in [7, 11) is 0. The molecule has 0 atom stereocenters. The Hall–Kier alpha value is -14.4. The first-order chi connectivity index (χ1) is 60.5. The maximum atomic E-state index is 2.68. The van der Waals surface area contributed by atoms with E-state index in [2.05, 4.69) is 494 Å². The van der Waals surface area contributed by atoms with E-state index >= 15 is 0 Å². The molecule has 0 saturated heterocycles. The molecule has 6 nitrogen and oxygen atoms in total. The fourth-order valence-corrected chi connectivity index (χ4v) is 20.0. The first kappa shape index (κ1) is 76.7. The van der Waals surface area contributed by atoms with Gasteiger partial charge in [0, 0.05) is 94.9 Å². The summed E-state index contributed by atoms with van der Waals surface area (Å²) in [5.41, 5.74) is 37.2. The van der Waals surface area contributed by atoms with Crippen molar-refractivity contribution in [1.29, 1.82) is 0 Å². The Kier molecular flexibility index (Phi) is 17.9. The smallest absolute Gasteiger partial charge is 0.252 e. The molecule has 604 valence electrons. The predicted octanol–water partition coefficient (Wildman–Crippen LogP) is 30.4. The van der Waals surface area contributed by atoms with E-state index in [0.29, 0.717) is 0 Å². The maximum absolute atomic E-state index is 2.68. The second-order valence-electron chi connectivity index (χ2n) is 38.6. The molecule has 7 heteroatoms. The van der Waals surface area contributed by atoms with Crippen molar-refractivity contribution in [1.82, 2.24) is 13.7 Å². The van der Waals surface area contributed by atoms with Crippen LogP contribution >= 0.6 is 0 Å². The van der Waals surface area contributed by atoms with Crippen LogP contribution in [0.15, 0.2) is 382 Å². The van der Waals surface area contributed by atoms with Crippen LogP contribution in [-0.2, 0) is 21.7 Å². The summed E-state index contributed by atoms with van der Waals surface area (Å²) in [5, 5.41) is 7.42. The third-order valence-electron chi connectivity index (χ3n) is 26.5. The van der Waals surface area contributed by atoms with Gasteiger partial charge in [-0.1, -0.05) is 295 Å². The molecule has 2 aliphatic rings. The number of rotatable bonds is 12. The molecule has 20 aromatic rings. The molecule has 17 aromatic carbocycles. The molecule has 0 N–H and O–H groups in total. The van der Waals surface area contributed by atoms with Crippen LogP contribution in [0.3, 0.4) is 0 Å². The summed E-state index contributed by atoms with van der Waals surface area (Å²) in [6.07, 6.45) is 0. The largest absolute Gasteiger partial charge is 0.311 e. The Morgan fingerprint density at radius 2 is 0.496 bits per heavy atom. The van der Waals surface area contributed by atoms with E-state index in [-0.39, 0.29) is 28.4 Å². The molecule has 0 fully saturated rings. The van der Waals surface area contributed by atoms with Crippen molar-refractivity contribution in [2.24, 2.45) is 0 Å². The number of nitrogens with zero attached hydrogens (tertiary/aromatic N) is 6. The molecular weight excluding hydrogens is 1510 g/mol. The van der Waals surface area contributed by atoms with E-state index in [9.17, 15) is 0 Å². The molecule has 0 spiro atoms. The van der Waals surface area contributed by atoms with Gasteiger partial charge < -0.3 is 28.4 Å². The third kappa shape index (κ3) is 13.1. The van der Waals surface area contributed by atoms with Crippen molar-refractivity contribution in [3.05, 3.63) is 404 Å². The van der Waals surface area contributed by atoms with Crippen molar-refractivity contribution >= 4 is 140 Å². The van der Waals surface area contributed by atoms with E-state index in [1.165, 1.54) is 93.0 Å². The normalized spacial score (nSPS) is 12.9. The highest BCUT2D eigenvalue weighted by Gasteiger charge is 2.45. The summed E-state index contributed by atoms with van der Waals surface area (Å²) >= 11 is 0. The quantitative estimate of drug-likeness (QED) is 0.114. The van der Waals surface area contributed by atoms with Gasteiger partial charge in [-0.25, -0.2) is 0 Å². The van der Waals surface area contributed by atoms with Crippen molar-refractivity contribution in [3.8, 4) is 61.6 Å². The Labute approximate surface area is 733 Å². The van der Waals surface area contributed by atoms with E-state index in [1.54, 1.807) is 0 Å². The van der Waals surface area contributed by atoms with Crippen LogP contribution in [0.1, 0.15) is 105 Å². The van der Waals surface area contributed by atoms with Gasteiger partial charge in [-0.2, -0.15) is 0 Å². The van der Waals surface area contributed by atoms with Crippen LogP contribution in [0.4, 0.5) is 51.2 Å². The van der Waals surface area contributed by atoms with Crippen molar-refractivity contribution in [2.45, 2.75) is 105 Å². The topological polar surface area (TPSA) is 24.5 Å². The highest BCUT2D eigenvalue weighted by atomic mass is 15.2. The van der Waals surface area contributed by atoms with Crippen molar-refractivity contribution < 1.29 is 0 Å². The zero-order valence-corrected chi connectivity index (χ0v) is 73.1. The fraction of sp³-hybridized carbons (Fsp3) is 0.136.